The van der Waals surface area contributed by atoms with Crippen LogP contribution in [0, 0.1) is 0 Å². The van der Waals surface area contributed by atoms with Crippen LogP contribution in [0.3, 0.4) is 0 Å². The lowest BCUT2D eigenvalue weighted by Gasteiger charge is -2.38. The van der Waals surface area contributed by atoms with Crippen LogP contribution in [0.25, 0.3) is 5.70 Å². The Morgan fingerprint density at radius 1 is 1.45 bits per heavy atom. The number of rotatable bonds is 1. The number of hydrogen-bond acceptors (Lipinski definition) is 4. The Hall–Kier alpha value is -2.01. The first-order chi connectivity index (χ1) is 9.72. The Morgan fingerprint density at radius 3 is 3.20 bits per heavy atom. The average molecular weight is 283 g/mol. The smallest absolute Gasteiger partial charge is 0.215 e. The predicted molar refractivity (Wildman–Crippen MR) is 81.0 cm³/mol. The zero-order valence-electron chi connectivity index (χ0n) is 11.0. The first-order valence-corrected chi connectivity index (χ1v) is 7.33. The Labute approximate surface area is 121 Å². The lowest BCUT2D eigenvalue weighted by atomic mass is 9.85. The third kappa shape index (κ3) is 1.38. The Morgan fingerprint density at radius 2 is 2.35 bits per heavy atom. The fourth-order valence-electron chi connectivity index (χ4n) is 3.12. The number of aromatic nitrogens is 2. The molecule has 0 amide bonds. The fourth-order valence-corrected chi connectivity index (χ4v) is 3.96. The van der Waals surface area contributed by atoms with Gasteiger partial charge in [0.15, 0.2) is 5.12 Å². The van der Waals surface area contributed by atoms with Gasteiger partial charge in [0.2, 0.25) is 5.95 Å². The number of thioether (sulfide) groups is 1. The van der Waals surface area contributed by atoms with Crippen LogP contribution < -0.4 is 4.90 Å². The van der Waals surface area contributed by atoms with Crippen molar-refractivity contribution in [3.8, 4) is 0 Å². The van der Waals surface area contributed by atoms with Crippen molar-refractivity contribution in [2.24, 2.45) is 0 Å². The van der Waals surface area contributed by atoms with Gasteiger partial charge in [0.1, 0.15) is 5.54 Å². The van der Waals surface area contributed by atoms with Crippen molar-refractivity contribution in [2.75, 3.05) is 4.90 Å². The third-order valence-electron chi connectivity index (χ3n) is 3.82. The molecule has 1 atom stereocenters. The maximum atomic E-state index is 11.5. The van der Waals surface area contributed by atoms with Gasteiger partial charge in [0.25, 0.3) is 0 Å². The zero-order chi connectivity index (χ0) is 13.7. The van der Waals surface area contributed by atoms with Gasteiger partial charge in [0.05, 0.1) is 5.70 Å². The molecule has 3 aliphatic rings. The Balaban J connectivity index is 1.99. The summed E-state index contributed by atoms with van der Waals surface area (Å²) < 4.78 is 2.09. The minimum absolute atomic E-state index is 0.102. The average Bonchev–Trinajstić information content (AvgIpc) is 2.96. The highest BCUT2D eigenvalue weighted by molar-refractivity contribution is 8.17. The highest BCUT2D eigenvalue weighted by Crippen LogP contribution is 2.51. The van der Waals surface area contributed by atoms with Crippen molar-refractivity contribution in [1.29, 1.82) is 0 Å². The molecule has 0 fully saturated rings. The van der Waals surface area contributed by atoms with Crippen LogP contribution in [0.5, 0.6) is 0 Å². The summed E-state index contributed by atoms with van der Waals surface area (Å²) in [7, 11) is 0. The normalized spacial score (nSPS) is 25.8. The van der Waals surface area contributed by atoms with Crippen molar-refractivity contribution >= 4 is 28.5 Å². The van der Waals surface area contributed by atoms with E-state index in [9.17, 15) is 4.79 Å². The molecule has 4 nitrogen and oxygen atoms in total. The number of fused-ring (bicyclic) bond motifs is 3. The molecule has 1 aliphatic carbocycles. The summed E-state index contributed by atoms with van der Waals surface area (Å²) in [6.07, 6.45) is 17.2. The molecule has 0 N–H and O–H groups in total. The van der Waals surface area contributed by atoms with E-state index in [0.717, 1.165) is 23.0 Å². The summed E-state index contributed by atoms with van der Waals surface area (Å²) in [6.45, 7) is 1.60. The summed E-state index contributed by atoms with van der Waals surface area (Å²) in [5.74, 6) is 0.908. The highest BCUT2D eigenvalue weighted by Gasteiger charge is 2.49. The van der Waals surface area contributed by atoms with Crippen LogP contribution in [0.4, 0.5) is 5.95 Å². The molecule has 1 aromatic rings. The molecule has 3 heterocycles. The summed E-state index contributed by atoms with van der Waals surface area (Å²) in [6, 6.07) is 0. The molecule has 2 aliphatic heterocycles. The van der Waals surface area contributed by atoms with Gasteiger partial charge in [-0.3, -0.25) is 9.36 Å². The van der Waals surface area contributed by atoms with E-state index in [1.807, 2.05) is 18.3 Å². The van der Waals surface area contributed by atoms with Crippen LogP contribution in [-0.4, -0.2) is 20.2 Å². The van der Waals surface area contributed by atoms with Crippen molar-refractivity contribution in [1.82, 2.24) is 9.55 Å². The van der Waals surface area contributed by atoms with Gasteiger partial charge in [0, 0.05) is 30.4 Å². The topological polar surface area (TPSA) is 38.1 Å². The molecule has 0 radical (unpaired) electrons. The van der Waals surface area contributed by atoms with Gasteiger partial charge >= 0.3 is 0 Å². The van der Waals surface area contributed by atoms with Crippen LogP contribution >= 0.6 is 11.8 Å². The molecular formula is C15H13N3OS. The zero-order valence-corrected chi connectivity index (χ0v) is 11.8. The second kappa shape index (κ2) is 3.99. The lowest BCUT2D eigenvalue weighted by Crippen LogP contribution is -2.43. The summed E-state index contributed by atoms with van der Waals surface area (Å²) in [4.78, 5) is 19.2. The van der Waals surface area contributed by atoms with Gasteiger partial charge in [-0.2, -0.15) is 0 Å². The van der Waals surface area contributed by atoms with Crippen LogP contribution in [-0.2, 0) is 4.79 Å². The summed E-state index contributed by atoms with van der Waals surface area (Å²) in [5.41, 5.74) is 0.901. The SMILES string of the molecule is CC(=O)SC1=C2n3ccnc3N3C=CC=CC23CC=C1. The third-order valence-corrected chi connectivity index (χ3v) is 4.66. The number of carbonyl (C=O) groups is 1. The molecule has 1 aromatic heterocycles. The van der Waals surface area contributed by atoms with E-state index in [-0.39, 0.29) is 10.7 Å². The molecule has 5 heteroatoms. The van der Waals surface area contributed by atoms with Gasteiger partial charge in [-0.15, -0.1) is 0 Å². The highest BCUT2D eigenvalue weighted by atomic mass is 32.2. The molecule has 0 bridgehead atoms. The molecule has 20 heavy (non-hydrogen) atoms. The van der Waals surface area contributed by atoms with Crippen molar-refractivity contribution < 1.29 is 4.79 Å². The molecule has 4 rings (SSSR count). The number of carbonyl (C=O) groups excluding carboxylic acids is 1. The Bertz CT molecular complexity index is 725. The van der Waals surface area contributed by atoms with E-state index in [2.05, 4.69) is 38.9 Å². The molecule has 1 spiro atoms. The first-order valence-electron chi connectivity index (χ1n) is 6.51. The van der Waals surface area contributed by atoms with Crippen LogP contribution in [0.2, 0.25) is 0 Å². The minimum atomic E-state index is -0.231. The quantitative estimate of drug-likeness (QED) is 0.794. The maximum absolute atomic E-state index is 11.5. The summed E-state index contributed by atoms with van der Waals surface area (Å²) in [5, 5.41) is 0.102. The second-order valence-electron chi connectivity index (χ2n) is 5.01. The number of imidazole rings is 1. The Kier molecular flexibility index (Phi) is 2.35. The predicted octanol–water partition coefficient (Wildman–Crippen LogP) is 2.93. The number of hydrogen-bond donors (Lipinski definition) is 0. The van der Waals surface area contributed by atoms with Crippen LogP contribution in [0.15, 0.2) is 53.9 Å². The summed E-state index contributed by atoms with van der Waals surface area (Å²) >= 11 is 1.29. The van der Waals surface area contributed by atoms with E-state index in [4.69, 9.17) is 0 Å². The number of nitrogens with zero attached hydrogens (tertiary/aromatic N) is 3. The van der Waals surface area contributed by atoms with Crippen molar-refractivity contribution in [2.45, 2.75) is 18.9 Å². The molecule has 0 aromatic carbocycles. The number of anilines is 1. The molecule has 100 valence electrons. The van der Waals surface area contributed by atoms with E-state index < -0.39 is 0 Å². The lowest BCUT2D eigenvalue weighted by molar-refractivity contribution is -0.109. The molecule has 0 saturated heterocycles. The van der Waals surface area contributed by atoms with E-state index >= 15 is 0 Å². The number of allylic oxidation sites excluding steroid dienone is 3. The van der Waals surface area contributed by atoms with Crippen LogP contribution in [0.1, 0.15) is 13.3 Å². The van der Waals surface area contributed by atoms with Gasteiger partial charge in [-0.1, -0.05) is 36.1 Å². The van der Waals surface area contributed by atoms with E-state index in [1.165, 1.54) is 11.8 Å². The second-order valence-corrected chi connectivity index (χ2v) is 6.22. The van der Waals surface area contributed by atoms with Crippen molar-refractivity contribution in [3.63, 3.8) is 0 Å². The van der Waals surface area contributed by atoms with E-state index in [1.54, 1.807) is 13.1 Å². The van der Waals surface area contributed by atoms with Gasteiger partial charge in [-0.05, 0) is 12.5 Å². The molecular weight excluding hydrogens is 270 g/mol. The van der Waals surface area contributed by atoms with Gasteiger partial charge < -0.3 is 4.90 Å². The first kappa shape index (κ1) is 11.8. The fraction of sp³-hybridized carbons (Fsp3) is 0.200. The van der Waals surface area contributed by atoms with Crippen molar-refractivity contribution in [3.05, 3.63) is 53.9 Å². The minimum Gasteiger partial charge on any atom is -0.303 e. The standard InChI is InChI=1S/C15H13N3OS/c1-11(19)20-12-5-4-7-15-6-2-3-9-18(15)14-16-8-10-17(14)13(12)15/h2-6,8-10H,7H2,1H3. The largest absolute Gasteiger partial charge is 0.303 e. The van der Waals surface area contributed by atoms with Gasteiger partial charge in [-0.25, -0.2) is 4.98 Å². The maximum Gasteiger partial charge on any atom is 0.215 e. The molecule has 0 saturated carbocycles. The molecule has 1 unspecified atom stereocenters. The monoisotopic (exact) mass is 283 g/mol. The van der Waals surface area contributed by atoms with E-state index in [0.29, 0.717) is 0 Å².